The van der Waals surface area contributed by atoms with E-state index in [0.717, 1.165) is 24.3 Å². The number of anilines is 1. The van der Waals surface area contributed by atoms with Crippen LogP contribution in [0.3, 0.4) is 0 Å². The molecule has 0 saturated carbocycles. The van der Waals surface area contributed by atoms with Crippen LogP contribution in [-0.2, 0) is 12.4 Å². The van der Waals surface area contributed by atoms with Crippen molar-refractivity contribution in [2.75, 3.05) is 5.43 Å². The van der Waals surface area contributed by atoms with Gasteiger partial charge in [0.25, 0.3) is 0 Å². The average Bonchev–Trinajstić information content (AvgIpc) is 2.59. The van der Waals surface area contributed by atoms with Gasteiger partial charge < -0.3 is 0 Å². The first-order valence-corrected chi connectivity index (χ1v) is 6.97. The third kappa shape index (κ3) is 4.33. The zero-order valence-electron chi connectivity index (χ0n) is 13.0. The van der Waals surface area contributed by atoms with Gasteiger partial charge in [0.05, 0.1) is 27.9 Å². The summed E-state index contributed by atoms with van der Waals surface area (Å²) >= 11 is 0. The summed E-state index contributed by atoms with van der Waals surface area (Å²) in [7, 11) is 0. The topological polar surface area (TPSA) is 84.3 Å². The van der Waals surface area contributed by atoms with Gasteiger partial charge in [-0.3, -0.25) is 5.43 Å². The molecule has 0 fully saturated rings. The van der Waals surface area contributed by atoms with E-state index in [9.17, 15) is 26.3 Å². The van der Waals surface area contributed by atoms with Crippen molar-refractivity contribution in [2.45, 2.75) is 12.4 Å². The number of halogens is 6. The number of benzene rings is 2. The van der Waals surface area contributed by atoms with Gasteiger partial charge in [-0.15, -0.1) is 5.11 Å². The molecule has 0 aromatic heterocycles. The van der Waals surface area contributed by atoms with Crippen LogP contribution in [0.5, 0.6) is 0 Å². The molecular weight excluding hydrogens is 376 g/mol. The Kier molecular flexibility index (Phi) is 5.36. The summed E-state index contributed by atoms with van der Waals surface area (Å²) in [5, 5.41) is 24.6. The molecule has 0 bridgehead atoms. The van der Waals surface area contributed by atoms with Crippen LogP contribution < -0.4 is 5.43 Å². The maximum absolute atomic E-state index is 12.9. The van der Waals surface area contributed by atoms with E-state index in [1.165, 1.54) is 12.1 Å². The number of rotatable bonds is 3. The van der Waals surface area contributed by atoms with E-state index < -0.39 is 40.3 Å². The molecule has 27 heavy (non-hydrogen) atoms. The van der Waals surface area contributed by atoms with Crippen molar-refractivity contribution in [3.63, 3.8) is 0 Å². The van der Waals surface area contributed by atoms with E-state index in [1.807, 2.05) is 0 Å². The normalized spacial score (nSPS) is 11.9. The molecule has 0 spiro atoms. The maximum atomic E-state index is 12.9. The first-order valence-electron chi connectivity index (χ1n) is 6.97. The molecule has 1 N–H and O–H groups in total. The SMILES string of the molecule is N#Cc1c(N=NNc2cccc(C(F)(F)F)c2C#N)cccc1C(F)(F)F. The van der Waals surface area contributed by atoms with Gasteiger partial charge in [-0.2, -0.15) is 36.9 Å². The van der Waals surface area contributed by atoms with Gasteiger partial charge in [0.15, 0.2) is 0 Å². The quantitative estimate of drug-likeness (QED) is 0.427. The van der Waals surface area contributed by atoms with Crippen LogP contribution in [0.2, 0.25) is 0 Å². The molecule has 0 heterocycles. The molecule has 5 nitrogen and oxygen atoms in total. The largest absolute Gasteiger partial charge is 0.417 e. The number of hydrogen-bond donors (Lipinski definition) is 1. The Labute approximate surface area is 148 Å². The molecule has 0 aliphatic carbocycles. The first-order chi connectivity index (χ1) is 12.6. The second-order valence-corrected chi connectivity index (χ2v) is 4.96. The fourth-order valence-corrected chi connectivity index (χ4v) is 2.11. The number of nitriles is 2. The fraction of sp³-hybridized carbons (Fsp3) is 0.125. The third-order valence-corrected chi connectivity index (χ3v) is 3.27. The lowest BCUT2D eigenvalue weighted by molar-refractivity contribution is -0.138. The Morgan fingerprint density at radius 1 is 0.778 bits per heavy atom. The molecule has 2 aromatic carbocycles. The van der Waals surface area contributed by atoms with Gasteiger partial charge in [-0.05, 0) is 24.3 Å². The highest BCUT2D eigenvalue weighted by atomic mass is 19.4. The van der Waals surface area contributed by atoms with Crippen LogP contribution in [0.1, 0.15) is 22.3 Å². The van der Waals surface area contributed by atoms with Crippen LogP contribution in [0.4, 0.5) is 37.7 Å². The molecule has 0 saturated heterocycles. The Hall–Kier alpha value is -3.60. The first kappa shape index (κ1) is 19.7. The summed E-state index contributed by atoms with van der Waals surface area (Å²) < 4.78 is 77.3. The second-order valence-electron chi connectivity index (χ2n) is 4.96. The van der Waals surface area contributed by atoms with Gasteiger partial charge in [-0.25, -0.2) is 0 Å². The third-order valence-electron chi connectivity index (χ3n) is 3.27. The average molecular weight is 383 g/mol. The van der Waals surface area contributed by atoms with Crippen molar-refractivity contribution >= 4 is 11.4 Å². The molecule has 11 heteroatoms. The van der Waals surface area contributed by atoms with E-state index >= 15 is 0 Å². The highest BCUT2D eigenvalue weighted by molar-refractivity contribution is 5.61. The molecule has 2 rings (SSSR count). The standard InChI is InChI=1S/C16H7F6N5/c17-15(18,19)11-3-1-5-13(9(11)7-23)25-27-26-14-6-2-4-12(10(14)8-24)16(20,21)22/h1-6H,(H,25,26). The van der Waals surface area contributed by atoms with Gasteiger partial charge in [0, 0.05) is 0 Å². The molecule has 0 radical (unpaired) electrons. The Morgan fingerprint density at radius 2 is 1.30 bits per heavy atom. The van der Waals surface area contributed by atoms with Gasteiger partial charge in [0.2, 0.25) is 0 Å². The van der Waals surface area contributed by atoms with Crippen molar-refractivity contribution in [1.82, 2.24) is 0 Å². The summed E-state index contributed by atoms with van der Waals surface area (Å²) in [6.07, 6.45) is -9.58. The molecule has 0 aliphatic heterocycles. The summed E-state index contributed by atoms with van der Waals surface area (Å²) in [5.74, 6) is 0. The maximum Gasteiger partial charge on any atom is 0.417 e. The van der Waals surface area contributed by atoms with Crippen LogP contribution >= 0.6 is 0 Å². The predicted octanol–water partition coefficient (Wildman–Crippen LogP) is 5.58. The van der Waals surface area contributed by atoms with Crippen molar-refractivity contribution < 1.29 is 26.3 Å². The van der Waals surface area contributed by atoms with Crippen LogP contribution in [0.25, 0.3) is 0 Å². The van der Waals surface area contributed by atoms with Crippen molar-refractivity contribution in [3.05, 3.63) is 58.7 Å². The zero-order chi connectivity index (χ0) is 20.2. The fourth-order valence-electron chi connectivity index (χ4n) is 2.11. The van der Waals surface area contributed by atoms with E-state index in [1.54, 1.807) is 0 Å². The lowest BCUT2D eigenvalue weighted by Gasteiger charge is -2.11. The Morgan fingerprint density at radius 3 is 1.81 bits per heavy atom. The van der Waals surface area contributed by atoms with E-state index in [-0.39, 0.29) is 5.69 Å². The molecule has 0 aliphatic rings. The smallest absolute Gasteiger partial charge is 0.258 e. The highest BCUT2D eigenvalue weighted by Gasteiger charge is 2.35. The summed E-state index contributed by atoms with van der Waals surface area (Å²) in [6.45, 7) is 0. The number of nitrogens with zero attached hydrogens (tertiary/aromatic N) is 4. The van der Waals surface area contributed by atoms with E-state index in [2.05, 4.69) is 15.8 Å². The highest BCUT2D eigenvalue weighted by Crippen LogP contribution is 2.36. The Bertz CT molecular complexity index is 963. The minimum absolute atomic E-state index is 0.346. The minimum Gasteiger partial charge on any atom is -0.258 e. The van der Waals surface area contributed by atoms with Gasteiger partial charge in [0.1, 0.15) is 17.8 Å². The molecule has 0 atom stereocenters. The molecule has 0 amide bonds. The summed E-state index contributed by atoms with van der Waals surface area (Å²) in [6, 6.07) is 8.35. The lowest BCUT2D eigenvalue weighted by Crippen LogP contribution is -2.09. The summed E-state index contributed by atoms with van der Waals surface area (Å²) in [4.78, 5) is 0. The molecule has 0 unspecified atom stereocenters. The molecular formula is C16H7F6N5. The molecule has 2 aromatic rings. The van der Waals surface area contributed by atoms with Crippen LogP contribution in [-0.4, -0.2) is 0 Å². The van der Waals surface area contributed by atoms with Crippen molar-refractivity contribution in [1.29, 1.82) is 10.5 Å². The lowest BCUT2D eigenvalue weighted by atomic mass is 10.1. The molecule has 138 valence electrons. The van der Waals surface area contributed by atoms with E-state index in [4.69, 9.17) is 10.5 Å². The second kappa shape index (κ2) is 7.33. The minimum atomic E-state index is -4.79. The Balaban J connectivity index is 2.38. The van der Waals surface area contributed by atoms with Crippen LogP contribution in [0.15, 0.2) is 46.7 Å². The number of nitrogens with one attached hydrogen (secondary N) is 1. The van der Waals surface area contributed by atoms with Gasteiger partial charge in [-0.1, -0.05) is 17.4 Å². The zero-order valence-corrected chi connectivity index (χ0v) is 13.0. The predicted molar refractivity (Wildman–Crippen MR) is 80.5 cm³/mol. The summed E-state index contributed by atoms with van der Waals surface area (Å²) in [5.41, 5.74) is -2.68. The number of alkyl halides is 6. The van der Waals surface area contributed by atoms with Crippen LogP contribution in [0, 0.1) is 22.7 Å². The van der Waals surface area contributed by atoms with Crippen molar-refractivity contribution in [3.8, 4) is 12.1 Å². The van der Waals surface area contributed by atoms with E-state index in [0.29, 0.717) is 12.1 Å². The van der Waals surface area contributed by atoms with Crippen molar-refractivity contribution in [2.24, 2.45) is 10.3 Å². The van der Waals surface area contributed by atoms with Gasteiger partial charge >= 0.3 is 12.4 Å². The number of hydrogen-bond acceptors (Lipinski definition) is 4. The monoisotopic (exact) mass is 383 g/mol.